The van der Waals surface area contributed by atoms with E-state index in [4.69, 9.17) is 5.11 Å². The Morgan fingerprint density at radius 2 is 2.19 bits per heavy atom. The van der Waals surface area contributed by atoms with Gasteiger partial charge in [0, 0.05) is 18.0 Å². The van der Waals surface area contributed by atoms with Crippen LogP contribution in [0.2, 0.25) is 0 Å². The third-order valence-electron chi connectivity index (χ3n) is 2.53. The molecule has 4 heteroatoms. The molecule has 0 aromatic carbocycles. The average molecular weight is 306 g/mol. The van der Waals surface area contributed by atoms with Gasteiger partial charge in [-0.05, 0) is 47.4 Å². The molecule has 0 unspecified atom stereocenters. The summed E-state index contributed by atoms with van der Waals surface area (Å²) in [6.45, 7) is 7.36. The molecule has 92 valence electrons. The summed E-state index contributed by atoms with van der Waals surface area (Å²) in [6, 6.07) is 2.23. The Balaban J connectivity index is 2.52. The summed E-state index contributed by atoms with van der Waals surface area (Å²) < 4.78 is 1.22. The minimum Gasteiger partial charge on any atom is -0.395 e. The lowest BCUT2D eigenvalue weighted by molar-refractivity contribution is 0.189. The molecule has 0 spiro atoms. The zero-order valence-electron chi connectivity index (χ0n) is 10.0. The second kappa shape index (κ2) is 7.43. The van der Waals surface area contributed by atoms with Crippen molar-refractivity contribution in [3.05, 3.63) is 20.3 Å². The Bertz CT molecular complexity index is 294. The Morgan fingerprint density at radius 3 is 2.69 bits per heavy atom. The van der Waals surface area contributed by atoms with Gasteiger partial charge in [0.05, 0.1) is 10.4 Å². The SMILES string of the molecule is CCCCN(CCO)Cc1cc(C)c(Br)s1. The van der Waals surface area contributed by atoms with E-state index in [0.29, 0.717) is 0 Å². The van der Waals surface area contributed by atoms with Crippen LogP contribution in [0.5, 0.6) is 0 Å². The summed E-state index contributed by atoms with van der Waals surface area (Å²) in [6.07, 6.45) is 2.40. The van der Waals surface area contributed by atoms with Gasteiger partial charge in [-0.25, -0.2) is 0 Å². The standard InChI is InChI=1S/C12H20BrNOS/c1-3-4-5-14(6-7-15)9-11-8-10(2)12(13)16-11/h8,15H,3-7,9H2,1-2H3. The van der Waals surface area contributed by atoms with Gasteiger partial charge in [-0.15, -0.1) is 11.3 Å². The Morgan fingerprint density at radius 1 is 1.44 bits per heavy atom. The van der Waals surface area contributed by atoms with Gasteiger partial charge in [-0.3, -0.25) is 4.90 Å². The van der Waals surface area contributed by atoms with Crippen LogP contribution >= 0.6 is 27.3 Å². The van der Waals surface area contributed by atoms with E-state index in [9.17, 15) is 0 Å². The van der Waals surface area contributed by atoms with E-state index in [1.54, 1.807) is 11.3 Å². The van der Waals surface area contributed by atoms with Crippen LogP contribution in [0.25, 0.3) is 0 Å². The van der Waals surface area contributed by atoms with Crippen molar-refractivity contribution < 1.29 is 5.11 Å². The van der Waals surface area contributed by atoms with Gasteiger partial charge in [-0.1, -0.05) is 13.3 Å². The summed E-state index contributed by atoms with van der Waals surface area (Å²) in [7, 11) is 0. The summed E-state index contributed by atoms with van der Waals surface area (Å²) >= 11 is 5.34. The van der Waals surface area contributed by atoms with Gasteiger partial charge in [0.2, 0.25) is 0 Å². The van der Waals surface area contributed by atoms with Gasteiger partial charge in [0.1, 0.15) is 0 Å². The topological polar surface area (TPSA) is 23.5 Å². The zero-order valence-corrected chi connectivity index (χ0v) is 12.4. The maximum Gasteiger partial charge on any atom is 0.0730 e. The molecule has 1 aromatic heterocycles. The predicted molar refractivity (Wildman–Crippen MR) is 74.0 cm³/mol. The summed E-state index contributed by atoms with van der Waals surface area (Å²) in [5.41, 5.74) is 1.31. The van der Waals surface area contributed by atoms with E-state index in [2.05, 4.69) is 40.7 Å². The smallest absolute Gasteiger partial charge is 0.0730 e. The number of aryl methyl sites for hydroxylation is 1. The van der Waals surface area contributed by atoms with E-state index in [0.717, 1.165) is 19.6 Å². The van der Waals surface area contributed by atoms with E-state index in [1.165, 1.54) is 27.1 Å². The first-order valence-corrected chi connectivity index (χ1v) is 7.36. The molecule has 0 saturated heterocycles. The van der Waals surface area contributed by atoms with Crippen molar-refractivity contribution in [2.45, 2.75) is 33.2 Å². The molecular weight excluding hydrogens is 286 g/mol. The van der Waals surface area contributed by atoms with Gasteiger partial charge in [0.15, 0.2) is 0 Å². The van der Waals surface area contributed by atoms with E-state index in [1.807, 2.05) is 0 Å². The van der Waals surface area contributed by atoms with Crippen molar-refractivity contribution in [3.8, 4) is 0 Å². The number of aliphatic hydroxyl groups is 1. The lowest BCUT2D eigenvalue weighted by atomic mass is 10.3. The minimum absolute atomic E-state index is 0.245. The molecule has 0 aliphatic heterocycles. The fraction of sp³-hybridized carbons (Fsp3) is 0.667. The van der Waals surface area contributed by atoms with Crippen molar-refractivity contribution in [3.63, 3.8) is 0 Å². The molecule has 16 heavy (non-hydrogen) atoms. The first-order valence-electron chi connectivity index (χ1n) is 5.75. The van der Waals surface area contributed by atoms with Crippen molar-refractivity contribution >= 4 is 27.3 Å². The maximum absolute atomic E-state index is 9.03. The van der Waals surface area contributed by atoms with Crippen LogP contribution in [0.4, 0.5) is 0 Å². The van der Waals surface area contributed by atoms with Crippen molar-refractivity contribution in [2.75, 3.05) is 19.7 Å². The second-order valence-corrected chi connectivity index (χ2v) is 6.48. The van der Waals surface area contributed by atoms with Crippen LogP contribution in [0.15, 0.2) is 9.85 Å². The van der Waals surface area contributed by atoms with E-state index < -0.39 is 0 Å². The largest absolute Gasteiger partial charge is 0.395 e. The number of thiophene rings is 1. The summed E-state index contributed by atoms with van der Waals surface area (Å²) in [5.74, 6) is 0. The molecule has 0 saturated carbocycles. The minimum atomic E-state index is 0.245. The fourth-order valence-electron chi connectivity index (χ4n) is 1.61. The molecule has 0 radical (unpaired) electrons. The second-order valence-electron chi connectivity index (χ2n) is 4.02. The first-order chi connectivity index (χ1) is 7.67. The monoisotopic (exact) mass is 305 g/mol. The molecule has 0 aliphatic carbocycles. The Kier molecular flexibility index (Phi) is 6.58. The highest BCUT2D eigenvalue weighted by Gasteiger charge is 2.08. The van der Waals surface area contributed by atoms with Crippen LogP contribution in [0.3, 0.4) is 0 Å². The molecular formula is C12H20BrNOS. The van der Waals surface area contributed by atoms with Crippen LogP contribution < -0.4 is 0 Å². The number of aliphatic hydroxyl groups excluding tert-OH is 1. The molecule has 0 bridgehead atoms. The van der Waals surface area contributed by atoms with Gasteiger partial charge in [-0.2, -0.15) is 0 Å². The maximum atomic E-state index is 9.03. The van der Waals surface area contributed by atoms with Crippen LogP contribution in [0, 0.1) is 6.92 Å². The highest BCUT2D eigenvalue weighted by molar-refractivity contribution is 9.11. The highest BCUT2D eigenvalue weighted by Crippen LogP contribution is 2.28. The van der Waals surface area contributed by atoms with Crippen LogP contribution in [-0.2, 0) is 6.54 Å². The number of nitrogens with zero attached hydrogens (tertiary/aromatic N) is 1. The van der Waals surface area contributed by atoms with Crippen molar-refractivity contribution in [1.29, 1.82) is 0 Å². The molecule has 0 atom stereocenters. The highest BCUT2D eigenvalue weighted by atomic mass is 79.9. The van der Waals surface area contributed by atoms with Crippen LogP contribution in [-0.4, -0.2) is 29.7 Å². The number of hydrogen-bond donors (Lipinski definition) is 1. The van der Waals surface area contributed by atoms with Crippen molar-refractivity contribution in [2.24, 2.45) is 0 Å². The third-order valence-corrected chi connectivity index (χ3v) is 4.65. The van der Waals surface area contributed by atoms with Gasteiger partial charge in [0.25, 0.3) is 0 Å². The molecule has 1 heterocycles. The Hall–Kier alpha value is 0.1000. The third kappa shape index (κ3) is 4.53. The normalized spacial score (nSPS) is 11.3. The molecule has 2 nitrogen and oxygen atoms in total. The van der Waals surface area contributed by atoms with Gasteiger partial charge >= 0.3 is 0 Å². The van der Waals surface area contributed by atoms with E-state index in [-0.39, 0.29) is 6.61 Å². The average Bonchev–Trinajstić information content (AvgIpc) is 2.55. The predicted octanol–water partition coefficient (Wildman–Crippen LogP) is 3.41. The molecule has 1 aromatic rings. The molecule has 1 N–H and O–H groups in total. The van der Waals surface area contributed by atoms with Crippen molar-refractivity contribution in [1.82, 2.24) is 4.90 Å². The summed E-state index contributed by atoms with van der Waals surface area (Å²) in [5, 5.41) is 9.03. The van der Waals surface area contributed by atoms with Gasteiger partial charge < -0.3 is 5.11 Å². The molecule has 0 amide bonds. The lowest BCUT2D eigenvalue weighted by Gasteiger charge is -2.19. The number of halogens is 1. The molecule has 0 aliphatic rings. The first kappa shape index (κ1) is 14.2. The number of unbranched alkanes of at least 4 members (excludes halogenated alkanes) is 1. The molecule has 0 fully saturated rings. The number of rotatable bonds is 7. The Labute approximate surface area is 110 Å². The molecule has 1 rings (SSSR count). The quantitative estimate of drug-likeness (QED) is 0.834. The fourth-order valence-corrected chi connectivity index (χ4v) is 3.29. The zero-order chi connectivity index (χ0) is 12.0. The van der Waals surface area contributed by atoms with E-state index >= 15 is 0 Å². The number of hydrogen-bond acceptors (Lipinski definition) is 3. The van der Waals surface area contributed by atoms with Crippen LogP contribution in [0.1, 0.15) is 30.2 Å². The summed E-state index contributed by atoms with van der Waals surface area (Å²) in [4.78, 5) is 3.69. The lowest BCUT2D eigenvalue weighted by Crippen LogP contribution is -2.27.